The Balaban J connectivity index is 2.43. The molecule has 0 amide bonds. The Morgan fingerprint density at radius 2 is 2.27 bits per heavy atom. The van der Waals surface area contributed by atoms with Crippen LogP contribution in [-0.4, -0.2) is 27.9 Å². The molecule has 0 saturated heterocycles. The third kappa shape index (κ3) is 4.77. The number of aromatic hydroxyl groups is 1. The van der Waals surface area contributed by atoms with Gasteiger partial charge >= 0.3 is 0 Å². The van der Waals surface area contributed by atoms with E-state index in [0.717, 1.165) is 10.0 Å². The van der Waals surface area contributed by atoms with Gasteiger partial charge in [0.1, 0.15) is 5.75 Å². The van der Waals surface area contributed by atoms with Crippen LogP contribution in [0.4, 0.5) is 0 Å². The lowest BCUT2D eigenvalue weighted by molar-refractivity contribution is 0.474. The van der Waals surface area contributed by atoms with Crippen molar-refractivity contribution >= 4 is 26.7 Å². The number of rotatable bonds is 5. The van der Waals surface area contributed by atoms with Gasteiger partial charge in [0.25, 0.3) is 0 Å². The Morgan fingerprint density at radius 3 is 2.93 bits per heavy atom. The van der Waals surface area contributed by atoms with Crippen LogP contribution in [0.3, 0.4) is 0 Å². The van der Waals surface area contributed by atoms with E-state index in [4.69, 9.17) is 0 Å². The highest BCUT2D eigenvalue weighted by Crippen LogP contribution is 2.21. The summed E-state index contributed by atoms with van der Waals surface area (Å²) in [7, 11) is -0.757. The van der Waals surface area contributed by atoms with Crippen LogP contribution in [-0.2, 0) is 17.3 Å². The van der Waals surface area contributed by atoms with Gasteiger partial charge in [-0.1, -0.05) is 15.9 Å². The fourth-order valence-electron chi connectivity index (χ4n) is 1.14. The lowest BCUT2D eigenvalue weighted by atomic mass is 10.2. The molecular weight excluding hydrogens is 278 g/mol. The van der Waals surface area contributed by atoms with Crippen LogP contribution in [0.15, 0.2) is 22.7 Å². The van der Waals surface area contributed by atoms with Gasteiger partial charge in [-0.25, -0.2) is 0 Å². The third-order valence-electron chi connectivity index (χ3n) is 1.91. The second kappa shape index (κ2) is 6.25. The number of phenolic OH excluding ortho intramolecular Hbond substituents is 1. The number of benzene rings is 1. The second-order valence-electron chi connectivity index (χ2n) is 3.23. The predicted molar refractivity (Wildman–Crippen MR) is 66.4 cm³/mol. The zero-order valence-electron chi connectivity index (χ0n) is 8.50. The molecule has 0 bridgehead atoms. The van der Waals surface area contributed by atoms with Crippen molar-refractivity contribution in [3.63, 3.8) is 0 Å². The summed E-state index contributed by atoms with van der Waals surface area (Å²) in [5, 5.41) is 12.5. The van der Waals surface area contributed by atoms with Crippen LogP contribution in [0, 0.1) is 0 Å². The number of phenols is 1. The molecule has 0 spiro atoms. The van der Waals surface area contributed by atoms with E-state index in [1.54, 1.807) is 18.4 Å². The first-order chi connectivity index (χ1) is 7.09. The van der Waals surface area contributed by atoms with Crippen molar-refractivity contribution in [1.29, 1.82) is 0 Å². The van der Waals surface area contributed by atoms with Crippen LogP contribution in [0.2, 0.25) is 0 Å². The molecular formula is C10H14BrNO2S. The van der Waals surface area contributed by atoms with Gasteiger partial charge in [0.15, 0.2) is 0 Å². The molecule has 0 aliphatic rings. The lowest BCUT2D eigenvalue weighted by Gasteiger charge is -2.06. The Bertz CT molecular complexity index is 357. The summed E-state index contributed by atoms with van der Waals surface area (Å²) in [5.41, 5.74) is 0.997. The fourth-order valence-corrected chi connectivity index (χ4v) is 1.95. The van der Waals surface area contributed by atoms with Gasteiger partial charge in [-0.05, 0) is 23.8 Å². The van der Waals surface area contributed by atoms with Gasteiger partial charge in [-0.3, -0.25) is 4.21 Å². The van der Waals surface area contributed by atoms with E-state index in [9.17, 15) is 9.32 Å². The normalized spacial score (nSPS) is 12.7. The van der Waals surface area contributed by atoms with E-state index >= 15 is 0 Å². The quantitative estimate of drug-likeness (QED) is 0.811. The molecule has 0 aromatic heterocycles. The van der Waals surface area contributed by atoms with Gasteiger partial charge in [-0.2, -0.15) is 0 Å². The Labute approximate surface area is 100 Å². The molecule has 15 heavy (non-hydrogen) atoms. The SMILES string of the molecule is CS(=O)CCNCc1cc(O)ccc1Br. The molecule has 1 aromatic rings. The van der Waals surface area contributed by atoms with E-state index in [-0.39, 0.29) is 5.75 Å². The highest BCUT2D eigenvalue weighted by molar-refractivity contribution is 9.10. The average Bonchev–Trinajstić information content (AvgIpc) is 2.17. The molecule has 0 saturated carbocycles. The minimum atomic E-state index is -0.757. The molecule has 1 atom stereocenters. The molecule has 2 N–H and O–H groups in total. The maximum atomic E-state index is 10.8. The summed E-state index contributed by atoms with van der Waals surface area (Å²) < 4.78 is 11.8. The Kier molecular flexibility index (Phi) is 5.28. The van der Waals surface area contributed by atoms with Gasteiger partial charge in [0.2, 0.25) is 0 Å². The molecule has 0 aliphatic carbocycles. The maximum absolute atomic E-state index is 10.8. The van der Waals surface area contributed by atoms with Crippen LogP contribution in [0.1, 0.15) is 5.56 Å². The van der Waals surface area contributed by atoms with Crippen LogP contribution >= 0.6 is 15.9 Å². The number of hydrogen-bond donors (Lipinski definition) is 2. The van der Waals surface area contributed by atoms with Gasteiger partial charge in [0.05, 0.1) is 0 Å². The van der Waals surface area contributed by atoms with Crippen molar-refractivity contribution in [1.82, 2.24) is 5.32 Å². The van der Waals surface area contributed by atoms with Gasteiger partial charge < -0.3 is 10.4 Å². The first kappa shape index (κ1) is 12.7. The number of hydrogen-bond acceptors (Lipinski definition) is 3. The highest BCUT2D eigenvalue weighted by atomic mass is 79.9. The summed E-state index contributed by atoms with van der Waals surface area (Å²) >= 11 is 3.40. The van der Waals surface area contributed by atoms with Gasteiger partial charge in [-0.15, -0.1) is 0 Å². The summed E-state index contributed by atoms with van der Waals surface area (Å²) in [6.45, 7) is 1.37. The Morgan fingerprint density at radius 1 is 1.53 bits per heavy atom. The molecule has 1 unspecified atom stereocenters. The molecule has 1 rings (SSSR count). The molecule has 0 heterocycles. The van der Waals surface area contributed by atoms with Crippen LogP contribution in [0.5, 0.6) is 5.75 Å². The van der Waals surface area contributed by atoms with Crippen molar-refractivity contribution in [2.45, 2.75) is 6.54 Å². The third-order valence-corrected chi connectivity index (χ3v) is 3.46. The highest BCUT2D eigenvalue weighted by Gasteiger charge is 2.00. The molecule has 0 radical (unpaired) electrons. The summed E-state index contributed by atoms with van der Waals surface area (Å²) in [4.78, 5) is 0. The standard InChI is InChI=1S/C10H14BrNO2S/c1-15(14)5-4-12-7-8-6-9(13)2-3-10(8)11/h2-3,6,12-13H,4-5,7H2,1H3. The van der Waals surface area contributed by atoms with E-state index in [1.165, 1.54) is 0 Å². The minimum Gasteiger partial charge on any atom is -0.508 e. The van der Waals surface area contributed by atoms with Crippen molar-refractivity contribution < 1.29 is 9.32 Å². The van der Waals surface area contributed by atoms with Crippen molar-refractivity contribution in [3.8, 4) is 5.75 Å². The summed E-state index contributed by atoms with van der Waals surface area (Å²) in [6.07, 6.45) is 1.69. The smallest absolute Gasteiger partial charge is 0.115 e. The molecule has 5 heteroatoms. The molecule has 0 fully saturated rings. The first-order valence-corrected chi connectivity index (χ1v) is 7.10. The summed E-state index contributed by atoms with van der Waals surface area (Å²) in [5.74, 6) is 0.908. The molecule has 1 aromatic carbocycles. The average molecular weight is 292 g/mol. The van der Waals surface area contributed by atoms with Crippen LogP contribution < -0.4 is 5.32 Å². The first-order valence-electron chi connectivity index (χ1n) is 4.57. The zero-order chi connectivity index (χ0) is 11.3. The second-order valence-corrected chi connectivity index (χ2v) is 5.64. The maximum Gasteiger partial charge on any atom is 0.115 e. The lowest BCUT2D eigenvalue weighted by Crippen LogP contribution is -2.19. The van der Waals surface area contributed by atoms with E-state index in [0.29, 0.717) is 18.8 Å². The number of halogens is 1. The fraction of sp³-hybridized carbons (Fsp3) is 0.400. The van der Waals surface area contributed by atoms with Crippen molar-refractivity contribution in [2.75, 3.05) is 18.6 Å². The van der Waals surface area contributed by atoms with Crippen molar-refractivity contribution in [3.05, 3.63) is 28.2 Å². The van der Waals surface area contributed by atoms with Crippen molar-refractivity contribution in [2.24, 2.45) is 0 Å². The van der Waals surface area contributed by atoms with Gasteiger partial charge in [0, 0.05) is 40.4 Å². The largest absolute Gasteiger partial charge is 0.508 e. The van der Waals surface area contributed by atoms with Crippen LogP contribution in [0.25, 0.3) is 0 Å². The minimum absolute atomic E-state index is 0.258. The van der Waals surface area contributed by atoms with E-state index < -0.39 is 10.8 Å². The topological polar surface area (TPSA) is 49.3 Å². The molecule has 84 valence electrons. The van der Waals surface area contributed by atoms with E-state index in [1.807, 2.05) is 6.07 Å². The predicted octanol–water partition coefficient (Wildman–Crippen LogP) is 1.62. The Hall–Kier alpha value is -0.390. The molecule has 3 nitrogen and oxygen atoms in total. The molecule has 0 aliphatic heterocycles. The van der Waals surface area contributed by atoms with E-state index in [2.05, 4.69) is 21.2 Å². The monoisotopic (exact) mass is 291 g/mol. The summed E-state index contributed by atoms with van der Waals surface area (Å²) in [6, 6.07) is 5.15. The zero-order valence-corrected chi connectivity index (χ0v) is 10.9. The number of nitrogens with one attached hydrogen (secondary N) is 1.